The summed E-state index contributed by atoms with van der Waals surface area (Å²) in [6.07, 6.45) is 1.69. The Labute approximate surface area is 188 Å². The van der Waals surface area contributed by atoms with E-state index in [1.54, 1.807) is 12.1 Å². The van der Waals surface area contributed by atoms with Crippen molar-refractivity contribution in [3.63, 3.8) is 0 Å². The van der Waals surface area contributed by atoms with Gasteiger partial charge in [-0.1, -0.05) is 25.9 Å². The molecule has 1 aromatic heterocycles. The summed E-state index contributed by atoms with van der Waals surface area (Å²) in [5.41, 5.74) is 0.180. The molecule has 0 radical (unpaired) electrons. The number of halogens is 1. The van der Waals surface area contributed by atoms with Crippen molar-refractivity contribution >= 4 is 11.8 Å². The number of ketones is 1. The largest absolute Gasteiger partial charge is 0.493 e. The normalized spacial score (nSPS) is 22.2. The molecule has 0 spiro atoms. The Morgan fingerprint density at radius 3 is 2.56 bits per heavy atom. The van der Waals surface area contributed by atoms with Crippen molar-refractivity contribution in [2.75, 3.05) is 37.7 Å². The fourth-order valence-corrected chi connectivity index (χ4v) is 4.15. The van der Waals surface area contributed by atoms with Gasteiger partial charge in [0.2, 0.25) is 0 Å². The fraction of sp³-hybridized carbons (Fsp3) is 0.625. The molecular formula is C24H33FN4O3. The van der Waals surface area contributed by atoms with Gasteiger partial charge >= 0.3 is 6.01 Å². The van der Waals surface area contributed by atoms with Crippen LogP contribution >= 0.6 is 0 Å². The number of hydrogen-bond acceptors (Lipinski definition) is 7. The minimum absolute atomic E-state index is 0.0188. The van der Waals surface area contributed by atoms with Crippen LogP contribution in [0.2, 0.25) is 0 Å². The lowest BCUT2D eigenvalue weighted by atomic mass is 10.1. The van der Waals surface area contributed by atoms with Crippen LogP contribution in [0.3, 0.4) is 0 Å². The van der Waals surface area contributed by atoms with Crippen LogP contribution in [0.15, 0.2) is 22.7 Å². The topological polar surface area (TPSA) is 71.7 Å². The van der Waals surface area contributed by atoms with Gasteiger partial charge in [0.15, 0.2) is 11.6 Å². The average molecular weight is 445 g/mol. The Balaban J connectivity index is 1.21. The predicted molar refractivity (Wildman–Crippen MR) is 120 cm³/mol. The molecule has 1 aromatic carbocycles. The Morgan fingerprint density at radius 2 is 1.97 bits per heavy atom. The molecule has 2 aliphatic rings. The molecule has 1 saturated carbocycles. The van der Waals surface area contributed by atoms with Gasteiger partial charge in [0.05, 0.1) is 12.2 Å². The summed E-state index contributed by atoms with van der Waals surface area (Å²) in [5.74, 6) is 1.23. The van der Waals surface area contributed by atoms with Gasteiger partial charge in [-0.15, -0.1) is 0 Å². The van der Waals surface area contributed by atoms with Crippen LogP contribution < -0.4 is 9.64 Å². The molecule has 1 aliphatic carbocycles. The average Bonchev–Trinajstić information content (AvgIpc) is 3.30. The third kappa shape index (κ3) is 5.11. The molecule has 174 valence electrons. The third-order valence-corrected chi connectivity index (χ3v) is 6.61. The molecular weight excluding hydrogens is 411 g/mol. The van der Waals surface area contributed by atoms with Gasteiger partial charge < -0.3 is 14.2 Å². The van der Waals surface area contributed by atoms with Gasteiger partial charge in [-0.25, -0.2) is 4.39 Å². The van der Waals surface area contributed by atoms with Crippen LogP contribution in [0, 0.1) is 17.7 Å². The molecule has 1 aliphatic heterocycles. The van der Waals surface area contributed by atoms with Crippen molar-refractivity contribution < 1.29 is 18.4 Å². The quantitative estimate of drug-likeness (QED) is 0.538. The Bertz CT molecular complexity index is 939. The molecule has 7 nitrogen and oxygen atoms in total. The number of carbonyl (C=O) groups excluding carboxylic acids is 1. The third-order valence-electron chi connectivity index (χ3n) is 6.61. The summed E-state index contributed by atoms with van der Waals surface area (Å²) in [6.45, 7) is 12.3. The second-order valence-electron chi connectivity index (χ2n) is 9.42. The molecule has 3 atom stereocenters. The van der Waals surface area contributed by atoms with Crippen molar-refractivity contribution in [1.29, 1.82) is 0 Å². The summed E-state index contributed by atoms with van der Waals surface area (Å²) in [7, 11) is 0. The molecule has 1 saturated heterocycles. The van der Waals surface area contributed by atoms with Gasteiger partial charge in [-0.2, -0.15) is 4.98 Å². The standard InChI is InChI=1S/C24H33FN4O3/c1-15(2)23-26-24(32-27-23)29-10-8-28(9-11-29)17(4)7-12-31-18-5-6-19(21(25)14-18)22(30)20-13-16(20)3/h5-6,14-17,20H,7-13H2,1-4H3. The first-order valence-corrected chi connectivity index (χ1v) is 11.6. The molecule has 0 N–H and O–H groups in total. The number of benzene rings is 1. The van der Waals surface area contributed by atoms with E-state index in [0.29, 0.717) is 30.3 Å². The van der Waals surface area contributed by atoms with Crippen LogP contribution in [-0.2, 0) is 0 Å². The Hall–Kier alpha value is -2.48. The smallest absolute Gasteiger partial charge is 0.324 e. The lowest BCUT2D eigenvalue weighted by Crippen LogP contribution is -2.50. The van der Waals surface area contributed by atoms with E-state index in [9.17, 15) is 9.18 Å². The first-order valence-electron chi connectivity index (χ1n) is 11.6. The van der Waals surface area contributed by atoms with E-state index in [1.165, 1.54) is 6.07 Å². The van der Waals surface area contributed by atoms with Crippen LogP contribution in [0.4, 0.5) is 10.4 Å². The predicted octanol–water partition coefficient (Wildman–Crippen LogP) is 4.15. The zero-order valence-corrected chi connectivity index (χ0v) is 19.4. The molecule has 2 heterocycles. The number of nitrogens with zero attached hydrogens (tertiary/aromatic N) is 4. The maximum atomic E-state index is 14.4. The zero-order valence-electron chi connectivity index (χ0n) is 19.4. The van der Waals surface area contributed by atoms with E-state index in [-0.39, 0.29) is 23.2 Å². The van der Waals surface area contributed by atoms with Gasteiger partial charge in [-0.3, -0.25) is 9.69 Å². The van der Waals surface area contributed by atoms with Crippen LogP contribution in [-0.4, -0.2) is 59.7 Å². The molecule has 8 heteroatoms. The van der Waals surface area contributed by atoms with Crippen molar-refractivity contribution in [3.8, 4) is 5.75 Å². The molecule has 32 heavy (non-hydrogen) atoms. The van der Waals surface area contributed by atoms with E-state index < -0.39 is 5.82 Å². The van der Waals surface area contributed by atoms with E-state index in [0.717, 1.165) is 44.8 Å². The van der Waals surface area contributed by atoms with Gasteiger partial charge in [-0.05, 0) is 37.8 Å². The number of anilines is 1. The maximum Gasteiger partial charge on any atom is 0.324 e. The van der Waals surface area contributed by atoms with Crippen molar-refractivity contribution in [2.45, 2.75) is 52.5 Å². The second kappa shape index (κ2) is 9.57. The molecule has 0 bridgehead atoms. The molecule has 0 amide bonds. The molecule has 3 unspecified atom stereocenters. The van der Waals surface area contributed by atoms with E-state index in [1.807, 2.05) is 20.8 Å². The highest BCUT2D eigenvalue weighted by molar-refractivity contribution is 5.99. The van der Waals surface area contributed by atoms with Crippen LogP contribution in [0.25, 0.3) is 0 Å². The van der Waals surface area contributed by atoms with Gasteiger partial charge in [0.25, 0.3) is 0 Å². The fourth-order valence-electron chi connectivity index (χ4n) is 4.15. The maximum absolute atomic E-state index is 14.4. The highest BCUT2D eigenvalue weighted by Crippen LogP contribution is 2.40. The first-order chi connectivity index (χ1) is 15.3. The van der Waals surface area contributed by atoms with Crippen molar-refractivity contribution in [2.24, 2.45) is 11.8 Å². The summed E-state index contributed by atoms with van der Waals surface area (Å²) < 4.78 is 25.6. The lowest BCUT2D eigenvalue weighted by Gasteiger charge is -2.37. The SMILES string of the molecule is CC(C)c1noc(N2CCN(C(C)CCOc3ccc(C(=O)C4CC4C)c(F)c3)CC2)n1. The molecule has 2 fully saturated rings. The number of aromatic nitrogens is 2. The molecule has 4 rings (SSSR count). The Kier molecular flexibility index (Phi) is 6.79. The van der Waals surface area contributed by atoms with E-state index >= 15 is 0 Å². The summed E-state index contributed by atoms with van der Waals surface area (Å²) in [6, 6.07) is 5.53. The highest BCUT2D eigenvalue weighted by Gasteiger charge is 2.40. The zero-order chi connectivity index (χ0) is 22.8. The first kappa shape index (κ1) is 22.7. The number of piperazine rings is 1. The van der Waals surface area contributed by atoms with E-state index in [4.69, 9.17) is 9.26 Å². The minimum Gasteiger partial charge on any atom is -0.493 e. The van der Waals surface area contributed by atoms with Crippen molar-refractivity contribution in [1.82, 2.24) is 15.0 Å². The molecule has 2 aromatic rings. The number of ether oxygens (including phenoxy) is 1. The lowest BCUT2D eigenvalue weighted by molar-refractivity contribution is 0.0958. The highest BCUT2D eigenvalue weighted by atomic mass is 19.1. The van der Waals surface area contributed by atoms with E-state index in [2.05, 4.69) is 26.9 Å². The van der Waals surface area contributed by atoms with Crippen LogP contribution in [0.1, 0.15) is 62.6 Å². The van der Waals surface area contributed by atoms with Crippen molar-refractivity contribution in [3.05, 3.63) is 35.4 Å². The Morgan fingerprint density at radius 1 is 1.25 bits per heavy atom. The second-order valence-corrected chi connectivity index (χ2v) is 9.42. The number of hydrogen-bond donors (Lipinski definition) is 0. The monoisotopic (exact) mass is 444 g/mol. The minimum atomic E-state index is -0.488. The number of Topliss-reactive ketones (excluding diaryl/α,β-unsaturated/α-hetero) is 1. The van der Waals surface area contributed by atoms with Gasteiger partial charge in [0.1, 0.15) is 11.6 Å². The number of rotatable bonds is 9. The van der Waals surface area contributed by atoms with Gasteiger partial charge in [0, 0.05) is 50.1 Å². The summed E-state index contributed by atoms with van der Waals surface area (Å²) >= 11 is 0. The number of carbonyl (C=O) groups is 1. The summed E-state index contributed by atoms with van der Waals surface area (Å²) in [5, 5.41) is 4.05. The summed E-state index contributed by atoms with van der Waals surface area (Å²) in [4.78, 5) is 21.3. The van der Waals surface area contributed by atoms with Crippen LogP contribution in [0.5, 0.6) is 5.75 Å².